The van der Waals surface area contributed by atoms with Crippen LogP contribution in [0.5, 0.6) is 0 Å². The average molecular weight is 578 g/mol. The van der Waals surface area contributed by atoms with E-state index in [-0.39, 0.29) is 0 Å². The van der Waals surface area contributed by atoms with E-state index in [0.29, 0.717) is 0 Å². The smallest absolute Gasteiger partial charge is 0.121 e. The zero-order valence-corrected chi connectivity index (χ0v) is 24.3. The van der Waals surface area contributed by atoms with Crippen LogP contribution in [0.15, 0.2) is 164 Å². The number of aromatic nitrogens is 4. The van der Waals surface area contributed by atoms with E-state index in [0.717, 1.165) is 72.3 Å². The summed E-state index contributed by atoms with van der Waals surface area (Å²) in [6, 6.07) is 57.3. The molecule has 5 heteroatoms. The molecule has 0 spiro atoms. The molecule has 9 rings (SSSR count). The predicted octanol–water partition coefficient (Wildman–Crippen LogP) is 10.1. The number of nitrogens with zero attached hydrogens (tertiary/aromatic N) is 5. The number of hydrogen-bond acceptors (Lipinski definition) is 3. The van der Waals surface area contributed by atoms with E-state index in [4.69, 9.17) is 10.2 Å². The summed E-state index contributed by atoms with van der Waals surface area (Å²) in [6.07, 6.45) is 0. The van der Waals surface area contributed by atoms with Crippen LogP contribution < -0.4 is 4.90 Å². The van der Waals surface area contributed by atoms with Crippen molar-refractivity contribution in [1.29, 1.82) is 0 Å². The molecule has 0 saturated heterocycles. The summed E-state index contributed by atoms with van der Waals surface area (Å²) in [4.78, 5) is 2.30. The Bertz CT molecular complexity index is 2440. The van der Waals surface area contributed by atoms with Crippen LogP contribution in [0.1, 0.15) is 0 Å². The SMILES string of the molecule is c1ccc(N(c2ccccc2)c2cccc(-n3c4ccccc4c4nnc5c6ccccc6n(-c6ccccc6)c5c43)c2)cc1. The van der Waals surface area contributed by atoms with Gasteiger partial charge in [-0.3, -0.25) is 0 Å². The molecule has 0 aliphatic heterocycles. The third-order valence-corrected chi connectivity index (χ3v) is 8.56. The Balaban J connectivity index is 1.39. The molecule has 6 aromatic carbocycles. The van der Waals surface area contributed by atoms with Crippen LogP contribution in [-0.4, -0.2) is 19.3 Å². The highest BCUT2D eigenvalue weighted by molar-refractivity contribution is 6.20. The van der Waals surface area contributed by atoms with Gasteiger partial charge in [0.15, 0.2) is 0 Å². The highest BCUT2D eigenvalue weighted by Gasteiger charge is 2.23. The number of fused-ring (bicyclic) bond motifs is 7. The minimum atomic E-state index is 0.881. The molecule has 0 atom stereocenters. The first-order chi connectivity index (χ1) is 22.4. The molecule has 0 aliphatic carbocycles. The maximum atomic E-state index is 4.90. The van der Waals surface area contributed by atoms with Crippen LogP contribution in [0.3, 0.4) is 0 Å². The molecule has 45 heavy (non-hydrogen) atoms. The topological polar surface area (TPSA) is 38.9 Å². The second-order valence-electron chi connectivity index (χ2n) is 11.2. The normalized spacial score (nSPS) is 11.6. The Morgan fingerprint density at radius 1 is 0.378 bits per heavy atom. The van der Waals surface area contributed by atoms with Gasteiger partial charge in [0.2, 0.25) is 0 Å². The van der Waals surface area contributed by atoms with Crippen LogP contribution in [-0.2, 0) is 0 Å². The van der Waals surface area contributed by atoms with Gasteiger partial charge in [-0.2, -0.15) is 0 Å². The maximum Gasteiger partial charge on any atom is 0.121 e. The Kier molecular flexibility index (Phi) is 5.74. The minimum absolute atomic E-state index is 0.881. The van der Waals surface area contributed by atoms with Crippen molar-refractivity contribution in [3.05, 3.63) is 164 Å². The molecular formula is C40H27N5. The van der Waals surface area contributed by atoms with Crippen LogP contribution >= 0.6 is 0 Å². The fourth-order valence-corrected chi connectivity index (χ4v) is 6.67. The van der Waals surface area contributed by atoms with Crippen molar-refractivity contribution in [2.45, 2.75) is 0 Å². The second-order valence-corrected chi connectivity index (χ2v) is 11.2. The summed E-state index contributed by atoms with van der Waals surface area (Å²) in [5.41, 5.74) is 11.4. The third kappa shape index (κ3) is 3.95. The van der Waals surface area contributed by atoms with Crippen LogP contribution in [0, 0.1) is 0 Å². The number of benzene rings is 6. The number of anilines is 3. The first-order valence-corrected chi connectivity index (χ1v) is 15.1. The van der Waals surface area contributed by atoms with Gasteiger partial charge >= 0.3 is 0 Å². The molecule has 5 nitrogen and oxygen atoms in total. The first-order valence-electron chi connectivity index (χ1n) is 15.1. The van der Waals surface area contributed by atoms with Crippen molar-refractivity contribution in [2.24, 2.45) is 0 Å². The van der Waals surface area contributed by atoms with E-state index >= 15 is 0 Å². The number of rotatable bonds is 5. The molecule has 0 aliphatic rings. The van der Waals surface area contributed by atoms with Crippen molar-refractivity contribution in [3.63, 3.8) is 0 Å². The average Bonchev–Trinajstić information content (AvgIpc) is 3.63. The number of para-hydroxylation sites is 5. The molecule has 0 radical (unpaired) electrons. The van der Waals surface area contributed by atoms with Gasteiger partial charge in [-0.1, -0.05) is 97.1 Å². The zero-order chi connectivity index (χ0) is 29.7. The molecular weight excluding hydrogens is 550 g/mol. The lowest BCUT2D eigenvalue weighted by atomic mass is 10.1. The maximum absolute atomic E-state index is 4.90. The van der Waals surface area contributed by atoms with E-state index in [1.165, 1.54) is 0 Å². The quantitative estimate of drug-likeness (QED) is 0.204. The van der Waals surface area contributed by atoms with Gasteiger partial charge in [0.25, 0.3) is 0 Å². The van der Waals surface area contributed by atoms with Crippen molar-refractivity contribution in [1.82, 2.24) is 19.3 Å². The van der Waals surface area contributed by atoms with Crippen LogP contribution in [0.4, 0.5) is 17.1 Å². The van der Waals surface area contributed by atoms with E-state index in [1.54, 1.807) is 0 Å². The first kappa shape index (κ1) is 25.3. The molecule has 212 valence electrons. The van der Waals surface area contributed by atoms with Gasteiger partial charge in [0, 0.05) is 39.2 Å². The van der Waals surface area contributed by atoms with E-state index in [2.05, 4.69) is 178 Å². The highest BCUT2D eigenvalue weighted by atomic mass is 15.2. The Labute approximate surface area is 259 Å². The lowest BCUT2D eigenvalue weighted by Gasteiger charge is -2.26. The molecule has 3 heterocycles. The molecule has 0 N–H and O–H groups in total. The molecule has 0 amide bonds. The van der Waals surface area contributed by atoms with Crippen molar-refractivity contribution >= 4 is 60.9 Å². The summed E-state index contributed by atoms with van der Waals surface area (Å²) in [5, 5.41) is 11.9. The van der Waals surface area contributed by atoms with Gasteiger partial charge in [-0.25, -0.2) is 0 Å². The third-order valence-electron chi connectivity index (χ3n) is 8.56. The predicted molar refractivity (Wildman–Crippen MR) is 185 cm³/mol. The fourth-order valence-electron chi connectivity index (χ4n) is 6.67. The Morgan fingerprint density at radius 3 is 1.36 bits per heavy atom. The summed E-state index contributed by atoms with van der Waals surface area (Å²) >= 11 is 0. The zero-order valence-electron chi connectivity index (χ0n) is 24.3. The van der Waals surface area contributed by atoms with Gasteiger partial charge in [-0.15, -0.1) is 10.2 Å². The number of hydrogen-bond donors (Lipinski definition) is 0. The summed E-state index contributed by atoms with van der Waals surface area (Å²) < 4.78 is 4.69. The van der Waals surface area contributed by atoms with Crippen molar-refractivity contribution in [3.8, 4) is 11.4 Å². The lowest BCUT2D eigenvalue weighted by molar-refractivity contribution is 1.10. The van der Waals surface area contributed by atoms with Crippen LogP contribution in [0.2, 0.25) is 0 Å². The largest absolute Gasteiger partial charge is 0.310 e. The van der Waals surface area contributed by atoms with Gasteiger partial charge in [0.05, 0.1) is 11.0 Å². The Morgan fingerprint density at radius 2 is 0.800 bits per heavy atom. The van der Waals surface area contributed by atoms with E-state index < -0.39 is 0 Å². The minimum Gasteiger partial charge on any atom is -0.310 e. The van der Waals surface area contributed by atoms with Crippen molar-refractivity contribution < 1.29 is 0 Å². The van der Waals surface area contributed by atoms with Gasteiger partial charge in [-0.05, 0) is 66.7 Å². The second kappa shape index (κ2) is 10.2. The van der Waals surface area contributed by atoms with E-state index in [9.17, 15) is 0 Å². The fraction of sp³-hybridized carbons (Fsp3) is 0. The summed E-state index contributed by atoms with van der Waals surface area (Å²) in [5.74, 6) is 0. The van der Waals surface area contributed by atoms with E-state index in [1.807, 2.05) is 0 Å². The van der Waals surface area contributed by atoms with Gasteiger partial charge in [0.1, 0.15) is 22.1 Å². The molecule has 3 aromatic heterocycles. The van der Waals surface area contributed by atoms with Crippen molar-refractivity contribution in [2.75, 3.05) is 4.90 Å². The molecule has 0 unspecified atom stereocenters. The molecule has 9 aromatic rings. The molecule has 0 bridgehead atoms. The van der Waals surface area contributed by atoms with Gasteiger partial charge < -0.3 is 14.0 Å². The monoisotopic (exact) mass is 577 g/mol. The molecule has 0 fully saturated rings. The molecule has 0 saturated carbocycles. The van der Waals surface area contributed by atoms with Crippen LogP contribution in [0.25, 0.3) is 55.2 Å². The summed E-state index contributed by atoms with van der Waals surface area (Å²) in [6.45, 7) is 0. The lowest BCUT2D eigenvalue weighted by Crippen LogP contribution is -2.10. The summed E-state index contributed by atoms with van der Waals surface area (Å²) in [7, 11) is 0. The Hall–Kier alpha value is -6.20. The highest BCUT2D eigenvalue weighted by Crippen LogP contribution is 2.41. The standard InChI is InChI=1S/C40H27N5/c1-4-15-28(16-5-1)43(29-17-6-2-7-18-29)31-21-14-22-32(27-31)45-36-26-13-11-24-34(36)38-40(45)39-37(41-42-38)33-23-10-12-25-35(33)44(39)30-19-8-3-9-20-30/h1-27H.